The molecule has 0 heterocycles. The van der Waals surface area contributed by atoms with Crippen LogP contribution in [0.25, 0.3) is 0 Å². The van der Waals surface area contributed by atoms with Crippen LogP contribution in [0.2, 0.25) is 0 Å². The molecule has 21 heavy (non-hydrogen) atoms. The van der Waals surface area contributed by atoms with Gasteiger partial charge < -0.3 is 10.5 Å². The van der Waals surface area contributed by atoms with E-state index in [0.717, 1.165) is 6.07 Å². The third-order valence-electron chi connectivity index (χ3n) is 3.40. The quantitative estimate of drug-likeness (QED) is 0.663. The van der Waals surface area contributed by atoms with E-state index in [4.69, 9.17) is 10.5 Å². The molecule has 0 aliphatic heterocycles. The molecule has 0 unspecified atom stereocenters. The summed E-state index contributed by atoms with van der Waals surface area (Å²) in [6, 6.07) is 3.88. The van der Waals surface area contributed by atoms with Crippen LogP contribution in [0.4, 0.5) is 18.9 Å². The molecule has 0 bridgehead atoms. The highest BCUT2D eigenvalue weighted by Gasteiger charge is 2.34. The van der Waals surface area contributed by atoms with Crippen LogP contribution in [0, 0.1) is 0 Å². The lowest BCUT2D eigenvalue weighted by atomic mass is 9.79. The summed E-state index contributed by atoms with van der Waals surface area (Å²) in [6.07, 6.45) is -3.93. The molecule has 1 aromatic rings. The number of carbonyl (C=O) groups excluding carboxylic acids is 1. The Hall–Kier alpha value is -1.72. The molecule has 0 aliphatic carbocycles. The Bertz CT molecular complexity index is 510. The van der Waals surface area contributed by atoms with Crippen molar-refractivity contribution in [2.75, 3.05) is 12.3 Å². The Morgan fingerprint density at radius 3 is 2.43 bits per heavy atom. The van der Waals surface area contributed by atoms with E-state index < -0.39 is 17.2 Å². The van der Waals surface area contributed by atoms with Gasteiger partial charge in [-0.3, -0.25) is 4.79 Å². The summed E-state index contributed by atoms with van der Waals surface area (Å²) in [7, 11) is 0. The average Bonchev–Trinajstić information content (AvgIpc) is 2.36. The lowest BCUT2D eigenvalue weighted by Crippen LogP contribution is -2.21. The van der Waals surface area contributed by atoms with Gasteiger partial charge in [0.15, 0.2) is 0 Å². The molecule has 2 N–H and O–H groups in total. The fourth-order valence-electron chi connectivity index (χ4n) is 2.01. The summed E-state index contributed by atoms with van der Waals surface area (Å²) in [5, 5.41) is 0. The maximum absolute atomic E-state index is 12.9. The Labute approximate surface area is 122 Å². The van der Waals surface area contributed by atoms with E-state index in [0.29, 0.717) is 18.6 Å². The molecule has 1 aromatic carbocycles. The lowest BCUT2D eigenvalue weighted by molar-refractivity contribution is -0.143. The first kappa shape index (κ1) is 17.3. The molecule has 0 saturated carbocycles. The summed E-state index contributed by atoms with van der Waals surface area (Å²) in [5.41, 5.74) is 4.16. The van der Waals surface area contributed by atoms with Crippen LogP contribution in [0.15, 0.2) is 18.2 Å². The van der Waals surface area contributed by atoms with Crippen LogP contribution in [0.1, 0.15) is 44.7 Å². The fraction of sp³-hybridized carbons (Fsp3) is 0.533. The summed E-state index contributed by atoms with van der Waals surface area (Å²) in [4.78, 5) is 11.4. The van der Waals surface area contributed by atoms with Gasteiger partial charge >= 0.3 is 12.1 Å². The Morgan fingerprint density at radius 2 is 1.90 bits per heavy atom. The summed E-state index contributed by atoms with van der Waals surface area (Å²) < 4.78 is 43.5. The van der Waals surface area contributed by atoms with Crippen molar-refractivity contribution in [2.24, 2.45) is 0 Å². The van der Waals surface area contributed by atoms with Crippen molar-refractivity contribution in [3.63, 3.8) is 0 Å². The zero-order valence-corrected chi connectivity index (χ0v) is 12.4. The Kier molecular flexibility index (Phi) is 5.25. The molecule has 3 nitrogen and oxygen atoms in total. The van der Waals surface area contributed by atoms with Gasteiger partial charge in [-0.25, -0.2) is 0 Å². The number of esters is 1. The number of hydrogen-bond acceptors (Lipinski definition) is 3. The van der Waals surface area contributed by atoms with Crippen molar-refractivity contribution >= 4 is 11.7 Å². The van der Waals surface area contributed by atoms with Crippen LogP contribution < -0.4 is 5.73 Å². The van der Waals surface area contributed by atoms with Crippen molar-refractivity contribution in [2.45, 2.75) is 45.2 Å². The monoisotopic (exact) mass is 303 g/mol. The van der Waals surface area contributed by atoms with Crippen molar-refractivity contribution in [1.82, 2.24) is 0 Å². The summed E-state index contributed by atoms with van der Waals surface area (Å²) in [6.45, 7) is 5.58. The molecule has 1 rings (SSSR count). The van der Waals surface area contributed by atoms with Crippen LogP contribution in [-0.4, -0.2) is 12.6 Å². The first-order valence-electron chi connectivity index (χ1n) is 6.70. The number of nitrogens with two attached hydrogens (primary N) is 1. The van der Waals surface area contributed by atoms with Gasteiger partial charge in [-0.15, -0.1) is 0 Å². The molecule has 0 fully saturated rings. The highest BCUT2D eigenvalue weighted by molar-refractivity contribution is 5.69. The van der Waals surface area contributed by atoms with Crippen LogP contribution in [0.5, 0.6) is 0 Å². The van der Waals surface area contributed by atoms with Gasteiger partial charge in [0, 0.05) is 12.1 Å². The van der Waals surface area contributed by atoms with Gasteiger partial charge in [-0.1, -0.05) is 19.9 Å². The molecular weight excluding hydrogens is 283 g/mol. The minimum atomic E-state index is -4.49. The van der Waals surface area contributed by atoms with E-state index in [-0.39, 0.29) is 18.1 Å². The number of benzene rings is 1. The Balaban J connectivity index is 2.96. The number of alkyl halides is 3. The van der Waals surface area contributed by atoms with Gasteiger partial charge in [0.25, 0.3) is 0 Å². The zero-order chi connectivity index (χ0) is 16.3. The molecule has 0 radical (unpaired) electrons. The largest absolute Gasteiger partial charge is 0.466 e. The predicted molar refractivity (Wildman–Crippen MR) is 74.7 cm³/mol. The third kappa shape index (κ3) is 4.65. The van der Waals surface area contributed by atoms with E-state index in [1.165, 1.54) is 6.07 Å². The average molecular weight is 303 g/mol. The number of hydrogen-bond donors (Lipinski definition) is 1. The van der Waals surface area contributed by atoms with E-state index in [2.05, 4.69) is 0 Å². The van der Waals surface area contributed by atoms with Gasteiger partial charge in [-0.2, -0.15) is 13.2 Å². The molecule has 6 heteroatoms. The molecular formula is C15H20F3NO2. The summed E-state index contributed by atoms with van der Waals surface area (Å²) in [5.74, 6) is -0.350. The number of ether oxygens (including phenoxy) is 1. The van der Waals surface area contributed by atoms with Crippen molar-refractivity contribution in [3.05, 3.63) is 29.3 Å². The maximum Gasteiger partial charge on any atom is 0.418 e. The Morgan fingerprint density at radius 1 is 1.29 bits per heavy atom. The second-order valence-electron chi connectivity index (χ2n) is 5.49. The lowest BCUT2D eigenvalue weighted by Gasteiger charge is -2.26. The van der Waals surface area contributed by atoms with E-state index in [1.807, 2.05) is 0 Å². The third-order valence-corrected chi connectivity index (χ3v) is 3.40. The topological polar surface area (TPSA) is 52.3 Å². The molecule has 0 aromatic heterocycles. The second kappa shape index (κ2) is 6.37. The molecule has 0 aliphatic rings. The van der Waals surface area contributed by atoms with Gasteiger partial charge in [0.2, 0.25) is 0 Å². The minimum absolute atomic E-state index is 0.159. The second-order valence-corrected chi connectivity index (χ2v) is 5.49. The highest BCUT2D eigenvalue weighted by atomic mass is 19.4. The number of anilines is 1. The fourth-order valence-corrected chi connectivity index (χ4v) is 2.01. The number of carbonyl (C=O) groups is 1. The van der Waals surface area contributed by atoms with E-state index in [1.54, 1.807) is 26.8 Å². The maximum atomic E-state index is 12.9. The first-order valence-corrected chi connectivity index (χ1v) is 6.70. The SMILES string of the molecule is CCOC(=O)CCC(C)(C)c1ccc(N)c(C(F)(F)F)c1. The molecule has 118 valence electrons. The molecule has 0 spiro atoms. The highest BCUT2D eigenvalue weighted by Crippen LogP contribution is 2.37. The summed E-state index contributed by atoms with van der Waals surface area (Å²) >= 11 is 0. The van der Waals surface area contributed by atoms with Crippen molar-refractivity contribution in [3.8, 4) is 0 Å². The molecule has 0 atom stereocenters. The standard InChI is InChI=1S/C15H20F3NO2/c1-4-21-13(20)7-8-14(2,3)10-5-6-12(19)11(9-10)15(16,17)18/h5-6,9H,4,7-8,19H2,1-3H3. The number of nitrogen functional groups attached to an aromatic ring is 1. The van der Waals surface area contributed by atoms with Gasteiger partial charge in [0.1, 0.15) is 0 Å². The molecule has 0 saturated heterocycles. The van der Waals surface area contributed by atoms with Crippen LogP contribution in [-0.2, 0) is 21.1 Å². The smallest absolute Gasteiger partial charge is 0.418 e. The van der Waals surface area contributed by atoms with Gasteiger partial charge in [-0.05, 0) is 36.5 Å². The van der Waals surface area contributed by atoms with E-state index >= 15 is 0 Å². The van der Waals surface area contributed by atoms with Crippen LogP contribution in [0.3, 0.4) is 0 Å². The molecule has 0 amide bonds. The number of halogens is 3. The minimum Gasteiger partial charge on any atom is -0.466 e. The van der Waals surface area contributed by atoms with E-state index in [9.17, 15) is 18.0 Å². The predicted octanol–water partition coefficient (Wildman–Crippen LogP) is 3.91. The normalized spacial score (nSPS) is 12.3. The van der Waals surface area contributed by atoms with Crippen molar-refractivity contribution in [1.29, 1.82) is 0 Å². The zero-order valence-electron chi connectivity index (χ0n) is 12.4. The number of rotatable bonds is 5. The van der Waals surface area contributed by atoms with Crippen molar-refractivity contribution < 1.29 is 22.7 Å². The van der Waals surface area contributed by atoms with Gasteiger partial charge in [0.05, 0.1) is 12.2 Å². The first-order chi connectivity index (χ1) is 9.58. The van der Waals surface area contributed by atoms with Crippen LogP contribution >= 0.6 is 0 Å².